The van der Waals surface area contributed by atoms with Crippen LogP contribution in [0.2, 0.25) is 5.02 Å². The molecule has 0 aromatic heterocycles. The van der Waals surface area contributed by atoms with Crippen LogP contribution in [0.25, 0.3) is 0 Å². The van der Waals surface area contributed by atoms with Crippen molar-refractivity contribution in [1.82, 2.24) is 4.90 Å². The summed E-state index contributed by atoms with van der Waals surface area (Å²) in [6.45, 7) is 2.16. The van der Waals surface area contributed by atoms with E-state index >= 15 is 0 Å². The lowest BCUT2D eigenvalue weighted by molar-refractivity contribution is 0.318. The quantitative estimate of drug-likeness (QED) is 0.941. The van der Waals surface area contributed by atoms with Crippen LogP contribution >= 0.6 is 11.6 Å². The zero-order chi connectivity index (χ0) is 14.8. The fourth-order valence-corrected chi connectivity index (χ4v) is 3.20. The van der Waals surface area contributed by atoms with E-state index in [4.69, 9.17) is 17.3 Å². The van der Waals surface area contributed by atoms with E-state index in [1.807, 2.05) is 18.2 Å². The predicted molar refractivity (Wildman–Crippen MR) is 83.8 cm³/mol. The van der Waals surface area contributed by atoms with Crippen LogP contribution < -0.4 is 5.73 Å². The van der Waals surface area contributed by atoms with Crippen LogP contribution in [-0.2, 0) is 6.54 Å². The third-order valence-corrected chi connectivity index (χ3v) is 4.31. The molecule has 0 radical (unpaired) electrons. The summed E-state index contributed by atoms with van der Waals surface area (Å²) in [6, 6.07) is 15.0. The van der Waals surface area contributed by atoms with E-state index in [9.17, 15) is 4.39 Å². The highest BCUT2D eigenvalue weighted by Crippen LogP contribution is 2.28. The Morgan fingerprint density at radius 2 is 1.90 bits per heavy atom. The van der Waals surface area contributed by atoms with E-state index in [0.717, 1.165) is 13.1 Å². The van der Waals surface area contributed by atoms with Crippen LogP contribution in [0.15, 0.2) is 48.5 Å². The highest BCUT2D eigenvalue weighted by Gasteiger charge is 2.31. The standard InChI is InChI=1S/C17H18ClFN2/c18-14-6-7-16(19)13(8-14)9-21-10-15(17(20)11-21)12-4-2-1-3-5-12/h1-8,15,17H,9-11,20H2/t15-,17+/m0/s1. The molecular formula is C17H18ClFN2. The van der Waals surface area contributed by atoms with Crippen molar-refractivity contribution in [3.05, 3.63) is 70.5 Å². The van der Waals surface area contributed by atoms with Gasteiger partial charge in [0.05, 0.1) is 0 Å². The minimum absolute atomic E-state index is 0.0784. The fourth-order valence-electron chi connectivity index (χ4n) is 3.00. The van der Waals surface area contributed by atoms with Crippen LogP contribution in [-0.4, -0.2) is 24.0 Å². The molecule has 21 heavy (non-hydrogen) atoms. The summed E-state index contributed by atoms with van der Waals surface area (Å²) in [7, 11) is 0. The Balaban J connectivity index is 1.73. The first-order valence-corrected chi connectivity index (χ1v) is 7.48. The molecule has 0 saturated carbocycles. The van der Waals surface area contributed by atoms with Crippen LogP contribution in [0.5, 0.6) is 0 Å². The van der Waals surface area contributed by atoms with Crippen LogP contribution in [0.1, 0.15) is 17.0 Å². The van der Waals surface area contributed by atoms with E-state index < -0.39 is 0 Å². The molecule has 1 aliphatic heterocycles. The highest BCUT2D eigenvalue weighted by atomic mass is 35.5. The maximum absolute atomic E-state index is 13.8. The van der Waals surface area contributed by atoms with E-state index in [0.29, 0.717) is 23.0 Å². The molecule has 2 N–H and O–H groups in total. The smallest absolute Gasteiger partial charge is 0.127 e. The Bertz CT molecular complexity index is 617. The molecule has 0 amide bonds. The number of nitrogens with zero attached hydrogens (tertiary/aromatic N) is 1. The summed E-state index contributed by atoms with van der Waals surface area (Å²) in [6.07, 6.45) is 0. The van der Waals surface area contributed by atoms with E-state index in [1.165, 1.54) is 11.6 Å². The van der Waals surface area contributed by atoms with Crippen molar-refractivity contribution >= 4 is 11.6 Å². The van der Waals surface area contributed by atoms with Gasteiger partial charge >= 0.3 is 0 Å². The molecule has 2 nitrogen and oxygen atoms in total. The molecule has 0 aliphatic carbocycles. The molecule has 4 heteroatoms. The average Bonchev–Trinajstić information content (AvgIpc) is 2.84. The molecule has 1 heterocycles. The van der Waals surface area contributed by atoms with Gasteiger partial charge in [-0.25, -0.2) is 4.39 Å². The number of likely N-dealkylation sites (tertiary alicyclic amines) is 1. The van der Waals surface area contributed by atoms with Crippen LogP contribution in [0.4, 0.5) is 4.39 Å². The van der Waals surface area contributed by atoms with Crippen LogP contribution in [0, 0.1) is 5.82 Å². The minimum atomic E-state index is -0.212. The van der Waals surface area contributed by atoms with Crippen molar-refractivity contribution < 1.29 is 4.39 Å². The second-order valence-corrected chi connectivity index (χ2v) is 6.05. The zero-order valence-corrected chi connectivity index (χ0v) is 12.4. The first-order valence-electron chi connectivity index (χ1n) is 7.10. The lowest BCUT2D eigenvalue weighted by atomic mass is 9.95. The van der Waals surface area contributed by atoms with Gasteiger partial charge in [-0.3, -0.25) is 4.90 Å². The second kappa shape index (κ2) is 6.14. The molecule has 2 aromatic carbocycles. The maximum Gasteiger partial charge on any atom is 0.127 e. The fraction of sp³-hybridized carbons (Fsp3) is 0.294. The highest BCUT2D eigenvalue weighted by molar-refractivity contribution is 6.30. The van der Waals surface area contributed by atoms with Gasteiger partial charge in [0.2, 0.25) is 0 Å². The van der Waals surface area contributed by atoms with Gasteiger partial charge in [0.1, 0.15) is 5.82 Å². The molecule has 1 saturated heterocycles. The van der Waals surface area contributed by atoms with E-state index in [1.54, 1.807) is 12.1 Å². The summed E-state index contributed by atoms with van der Waals surface area (Å²) in [4.78, 5) is 2.19. The molecule has 110 valence electrons. The molecule has 2 aromatic rings. The Hall–Kier alpha value is -1.42. The molecule has 1 aliphatic rings. The summed E-state index contributed by atoms with van der Waals surface area (Å²) in [5, 5.41) is 0.564. The molecule has 2 atom stereocenters. The van der Waals surface area contributed by atoms with Crippen molar-refractivity contribution in [3.8, 4) is 0 Å². The van der Waals surface area contributed by atoms with Gasteiger partial charge in [-0.1, -0.05) is 41.9 Å². The Kier molecular flexibility index (Phi) is 4.24. The molecule has 0 spiro atoms. The van der Waals surface area contributed by atoms with Crippen molar-refractivity contribution in [2.75, 3.05) is 13.1 Å². The SMILES string of the molecule is N[C@@H]1CN(Cc2cc(Cl)ccc2F)C[C@H]1c1ccccc1. The molecular weight excluding hydrogens is 287 g/mol. The monoisotopic (exact) mass is 304 g/mol. The van der Waals surface area contributed by atoms with Gasteiger partial charge in [-0.15, -0.1) is 0 Å². The Morgan fingerprint density at radius 3 is 2.67 bits per heavy atom. The summed E-state index contributed by atoms with van der Waals surface area (Å²) in [5.74, 6) is 0.0876. The van der Waals surface area contributed by atoms with Gasteiger partial charge in [-0.2, -0.15) is 0 Å². The molecule has 1 fully saturated rings. The summed E-state index contributed by atoms with van der Waals surface area (Å²) < 4.78 is 13.8. The number of nitrogens with two attached hydrogens (primary N) is 1. The minimum Gasteiger partial charge on any atom is -0.326 e. The molecule has 0 unspecified atom stereocenters. The number of hydrogen-bond donors (Lipinski definition) is 1. The van der Waals surface area contributed by atoms with Gasteiger partial charge in [-0.05, 0) is 23.8 Å². The van der Waals surface area contributed by atoms with E-state index in [-0.39, 0.29) is 11.9 Å². The van der Waals surface area contributed by atoms with Crippen molar-refractivity contribution in [3.63, 3.8) is 0 Å². The Labute approximate surface area is 129 Å². The van der Waals surface area contributed by atoms with Crippen LogP contribution in [0.3, 0.4) is 0 Å². The zero-order valence-electron chi connectivity index (χ0n) is 11.7. The number of rotatable bonds is 3. The predicted octanol–water partition coefficient (Wildman–Crippen LogP) is 3.41. The van der Waals surface area contributed by atoms with Gasteiger partial charge < -0.3 is 5.73 Å². The summed E-state index contributed by atoms with van der Waals surface area (Å²) in [5.41, 5.74) is 8.14. The van der Waals surface area contributed by atoms with E-state index in [2.05, 4.69) is 17.0 Å². The van der Waals surface area contributed by atoms with Crippen molar-refractivity contribution in [1.29, 1.82) is 0 Å². The largest absolute Gasteiger partial charge is 0.326 e. The second-order valence-electron chi connectivity index (χ2n) is 5.61. The number of benzene rings is 2. The molecule has 3 rings (SSSR count). The first-order chi connectivity index (χ1) is 10.1. The van der Waals surface area contributed by atoms with Crippen molar-refractivity contribution in [2.24, 2.45) is 5.73 Å². The lowest BCUT2D eigenvalue weighted by Crippen LogP contribution is -2.28. The van der Waals surface area contributed by atoms with Gasteiger partial charge in [0.15, 0.2) is 0 Å². The molecule has 0 bridgehead atoms. The normalized spacial score (nSPS) is 22.6. The van der Waals surface area contributed by atoms with Gasteiger partial charge in [0, 0.05) is 42.2 Å². The maximum atomic E-state index is 13.8. The topological polar surface area (TPSA) is 29.3 Å². The first kappa shape index (κ1) is 14.5. The third-order valence-electron chi connectivity index (χ3n) is 4.07. The van der Waals surface area contributed by atoms with Crippen molar-refractivity contribution in [2.45, 2.75) is 18.5 Å². The Morgan fingerprint density at radius 1 is 1.14 bits per heavy atom. The lowest BCUT2D eigenvalue weighted by Gasteiger charge is -2.16. The van der Waals surface area contributed by atoms with Gasteiger partial charge in [0.25, 0.3) is 0 Å². The third kappa shape index (κ3) is 3.26. The average molecular weight is 305 g/mol. The summed E-state index contributed by atoms with van der Waals surface area (Å²) >= 11 is 5.95. The number of hydrogen-bond acceptors (Lipinski definition) is 2. The number of halogens is 2.